The molecule has 100 valence electrons. The van der Waals surface area contributed by atoms with Crippen LogP contribution in [0.5, 0.6) is 0 Å². The third kappa shape index (κ3) is 4.04. The van der Waals surface area contributed by atoms with Crippen molar-refractivity contribution in [2.75, 3.05) is 0 Å². The summed E-state index contributed by atoms with van der Waals surface area (Å²) in [4.78, 5) is 12.2. The minimum absolute atomic E-state index is 0.00340. The zero-order chi connectivity index (χ0) is 13.7. The van der Waals surface area contributed by atoms with E-state index in [1.165, 1.54) is 11.6 Å². The molecule has 0 aliphatic carbocycles. The molecule has 2 aromatic rings. The van der Waals surface area contributed by atoms with Crippen LogP contribution in [-0.4, -0.2) is 27.0 Å². The first-order valence-electron chi connectivity index (χ1n) is 5.75. The van der Waals surface area contributed by atoms with Gasteiger partial charge in [-0.3, -0.25) is 0 Å². The molecule has 0 bridgehead atoms. The zero-order valence-corrected chi connectivity index (χ0v) is 11.2. The Balaban J connectivity index is 1.90. The van der Waals surface area contributed by atoms with Gasteiger partial charge in [0.15, 0.2) is 6.73 Å². The summed E-state index contributed by atoms with van der Waals surface area (Å²) in [6.45, 7) is 1.36. The smallest absolute Gasteiger partial charge is 0.336 e. The first kappa shape index (κ1) is 13.5. The van der Waals surface area contributed by atoms with Crippen molar-refractivity contribution in [3.8, 4) is 0 Å². The van der Waals surface area contributed by atoms with E-state index in [0.29, 0.717) is 0 Å². The van der Waals surface area contributed by atoms with Gasteiger partial charge in [-0.05, 0) is 36.6 Å². The Hall–Kier alpha value is -1.92. The normalized spacial score (nSPS) is 12.7. The fraction of sp³-hybridized carbons (Fsp3) is 0.231. The lowest BCUT2D eigenvalue weighted by atomic mass is 10.3. The predicted octanol–water partition coefficient (Wildman–Crippen LogP) is 2.00. The SMILES string of the molecule is C[C@H](O)C(=O)OCn1ccc(/C=C/c2cccs2)n1. The minimum Gasteiger partial charge on any atom is -0.440 e. The van der Waals surface area contributed by atoms with Crippen LogP contribution in [0.1, 0.15) is 17.5 Å². The quantitative estimate of drug-likeness (QED) is 0.850. The lowest BCUT2D eigenvalue weighted by molar-refractivity contribution is -0.156. The number of hydrogen-bond donors (Lipinski definition) is 1. The fourth-order valence-corrected chi connectivity index (χ4v) is 1.96. The van der Waals surface area contributed by atoms with Crippen molar-refractivity contribution in [1.82, 2.24) is 9.78 Å². The second-order valence-electron chi connectivity index (χ2n) is 3.90. The first-order valence-corrected chi connectivity index (χ1v) is 6.63. The summed E-state index contributed by atoms with van der Waals surface area (Å²) in [7, 11) is 0. The van der Waals surface area contributed by atoms with Crippen LogP contribution in [0.2, 0.25) is 0 Å². The van der Waals surface area contributed by atoms with E-state index in [1.807, 2.05) is 35.7 Å². The summed E-state index contributed by atoms with van der Waals surface area (Å²) < 4.78 is 6.34. The van der Waals surface area contributed by atoms with Gasteiger partial charge in [0.25, 0.3) is 0 Å². The first-order chi connectivity index (χ1) is 9.15. The number of rotatable bonds is 5. The Labute approximate surface area is 114 Å². The van der Waals surface area contributed by atoms with Crippen molar-refractivity contribution < 1.29 is 14.6 Å². The van der Waals surface area contributed by atoms with Gasteiger partial charge < -0.3 is 9.84 Å². The molecule has 0 fully saturated rings. The number of aliphatic hydroxyl groups excluding tert-OH is 1. The number of ether oxygens (including phenoxy) is 1. The van der Waals surface area contributed by atoms with Gasteiger partial charge in [-0.2, -0.15) is 5.10 Å². The van der Waals surface area contributed by atoms with E-state index in [-0.39, 0.29) is 6.73 Å². The maximum atomic E-state index is 11.1. The van der Waals surface area contributed by atoms with E-state index in [9.17, 15) is 4.79 Å². The van der Waals surface area contributed by atoms with Gasteiger partial charge in [0.1, 0.15) is 6.10 Å². The highest BCUT2D eigenvalue weighted by Crippen LogP contribution is 2.12. The van der Waals surface area contributed by atoms with Crippen molar-refractivity contribution in [3.05, 3.63) is 40.3 Å². The van der Waals surface area contributed by atoms with Crippen molar-refractivity contribution in [2.45, 2.75) is 19.8 Å². The predicted molar refractivity (Wildman–Crippen MR) is 73.2 cm³/mol. The third-order valence-electron chi connectivity index (χ3n) is 2.30. The minimum atomic E-state index is -1.12. The molecule has 2 aromatic heterocycles. The van der Waals surface area contributed by atoms with Crippen molar-refractivity contribution in [3.63, 3.8) is 0 Å². The monoisotopic (exact) mass is 278 g/mol. The van der Waals surface area contributed by atoms with Gasteiger partial charge in [-0.1, -0.05) is 6.07 Å². The number of carbonyl (C=O) groups excluding carboxylic acids is 1. The number of nitrogens with zero attached hydrogens (tertiary/aromatic N) is 2. The van der Waals surface area contributed by atoms with Gasteiger partial charge in [0.2, 0.25) is 0 Å². The van der Waals surface area contributed by atoms with E-state index in [4.69, 9.17) is 9.84 Å². The Kier molecular flexibility index (Phi) is 4.48. The van der Waals surface area contributed by atoms with Crippen LogP contribution in [0.3, 0.4) is 0 Å². The molecule has 19 heavy (non-hydrogen) atoms. The Morgan fingerprint density at radius 1 is 1.58 bits per heavy atom. The van der Waals surface area contributed by atoms with Crippen LogP contribution in [0.15, 0.2) is 29.8 Å². The molecular weight excluding hydrogens is 264 g/mol. The molecule has 0 amide bonds. The number of thiophene rings is 1. The lowest BCUT2D eigenvalue weighted by Gasteiger charge is -2.05. The van der Waals surface area contributed by atoms with E-state index in [1.54, 1.807) is 17.5 Å². The molecular formula is C13H14N2O3S. The van der Waals surface area contributed by atoms with Gasteiger partial charge in [-0.15, -0.1) is 11.3 Å². The lowest BCUT2D eigenvalue weighted by Crippen LogP contribution is -2.20. The molecule has 0 aliphatic heterocycles. The molecule has 0 saturated heterocycles. The highest BCUT2D eigenvalue weighted by atomic mass is 32.1. The summed E-state index contributed by atoms with van der Waals surface area (Å²) in [5, 5.41) is 15.2. The van der Waals surface area contributed by atoms with Gasteiger partial charge in [0, 0.05) is 11.1 Å². The zero-order valence-electron chi connectivity index (χ0n) is 10.4. The third-order valence-corrected chi connectivity index (χ3v) is 3.14. The van der Waals surface area contributed by atoms with Crippen LogP contribution in [0.4, 0.5) is 0 Å². The van der Waals surface area contributed by atoms with Gasteiger partial charge >= 0.3 is 5.97 Å². The molecule has 0 radical (unpaired) electrons. The average Bonchev–Trinajstić information content (AvgIpc) is 3.04. The van der Waals surface area contributed by atoms with Crippen molar-refractivity contribution in [2.24, 2.45) is 0 Å². The Morgan fingerprint density at radius 3 is 3.11 bits per heavy atom. The molecule has 1 atom stereocenters. The number of esters is 1. The standard InChI is InChI=1S/C13H14N2O3S/c1-10(16)13(17)18-9-15-7-6-11(14-15)4-5-12-3-2-8-19-12/h2-8,10,16H,9H2,1H3/b5-4+/t10-/m0/s1. The molecule has 2 rings (SSSR count). The van der Waals surface area contributed by atoms with E-state index < -0.39 is 12.1 Å². The largest absolute Gasteiger partial charge is 0.440 e. The molecule has 0 aliphatic rings. The summed E-state index contributed by atoms with van der Waals surface area (Å²) >= 11 is 1.65. The van der Waals surface area contributed by atoms with Gasteiger partial charge in [0.05, 0.1) is 5.69 Å². The van der Waals surface area contributed by atoms with E-state index in [2.05, 4.69) is 5.10 Å². The summed E-state index contributed by atoms with van der Waals surface area (Å²) in [6.07, 6.45) is 4.45. The van der Waals surface area contributed by atoms with Crippen LogP contribution in [0, 0.1) is 0 Å². The summed E-state index contributed by atoms with van der Waals surface area (Å²) in [5.74, 6) is -0.661. The Bertz CT molecular complexity index is 558. The van der Waals surface area contributed by atoms with Gasteiger partial charge in [-0.25, -0.2) is 9.48 Å². The Morgan fingerprint density at radius 2 is 2.42 bits per heavy atom. The number of aromatic nitrogens is 2. The van der Waals surface area contributed by atoms with Crippen LogP contribution < -0.4 is 0 Å². The molecule has 0 saturated carbocycles. The molecule has 5 nitrogen and oxygen atoms in total. The summed E-state index contributed by atoms with van der Waals surface area (Å²) in [5.41, 5.74) is 0.779. The van der Waals surface area contributed by atoms with Crippen molar-refractivity contribution >= 4 is 29.5 Å². The highest BCUT2D eigenvalue weighted by Gasteiger charge is 2.09. The van der Waals surface area contributed by atoms with Crippen LogP contribution >= 0.6 is 11.3 Å². The van der Waals surface area contributed by atoms with E-state index >= 15 is 0 Å². The molecule has 0 unspecified atom stereocenters. The highest BCUT2D eigenvalue weighted by molar-refractivity contribution is 7.10. The summed E-state index contributed by atoms with van der Waals surface area (Å²) in [6, 6.07) is 5.82. The van der Waals surface area contributed by atoms with E-state index in [0.717, 1.165) is 10.6 Å². The molecule has 0 aromatic carbocycles. The van der Waals surface area contributed by atoms with Crippen LogP contribution in [-0.2, 0) is 16.3 Å². The topological polar surface area (TPSA) is 64.3 Å². The number of hydrogen-bond acceptors (Lipinski definition) is 5. The molecule has 2 heterocycles. The maximum Gasteiger partial charge on any atom is 0.336 e. The second kappa shape index (κ2) is 6.31. The second-order valence-corrected chi connectivity index (χ2v) is 4.88. The average molecular weight is 278 g/mol. The van der Waals surface area contributed by atoms with Crippen LogP contribution in [0.25, 0.3) is 12.2 Å². The molecule has 1 N–H and O–H groups in total. The fourth-order valence-electron chi connectivity index (χ4n) is 1.34. The number of aliphatic hydroxyl groups is 1. The molecule has 6 heteroatoms. The maximum absolute atomic E-state index is 11.1. The van der Waals surface area contributed by atoms with Crippen molar-refractivity contribution in [1.29, 1.82) is 0 Å². The number of carbonyl (C=O) groups is 1. The molecule has 0 spiro atoms.